The van der Waals surface area contributed by atoms with Crippen molar-refractivity contribution in [1.82, 2.24) is 4.90 Å². The number of rotatable bonds is 5. The van der Waals surface area contributed by atoms with Crippen LogP contribution in [0.1, 0.15) is 36.5 Å². The summed E-state index contributed by atoms with van der Waals surface area (Å²) in [4.78, 5) is 14.5. The zero-order valence-corrected chi connectivity index (χ0v) is 11.7. The molecule has 0 bridgehead atoms. The van der Waals surface area contributed by atoms with Gasteiger partial charge < -0.3 is 15.4 Å². The molecule has 1 aliphatic carbocycles. The van der Waals surface area contributed by atoms with Gasteiger partial charge in [-0.25, -0.2) is 0 Å². The monoisotopic (exact) mass is 262 g/mol. The molecule has 2 N–H and O–H groups in total. The summed E-state index contributed by atoms with van der Waals surface area (Å²) in [6.07, 6.45) is 3.76. The molecule has 0 atom stereocenters. The van der Waals surface area contributed by atoms with Gasteiger partial charge in [-0.1, -0.05) is 12.5 Å². The van der Waals surface area contributed by atoms with Gasteiger partial charge in [0.2, 0.25) is 0 Å². The van der Waals surface area contributed by atoms with E-state index in [0.717, 1.165) is 6.54 Å². The molecule has 19 heavy (non-hydrogen) atoms. The van der Waals surface area contributed by atoms with Gasteiger partial charge in [0.05, 0.1) is 18.4 Å². The zero-order valence-electron chi connectivity index (χ0n) is 11.7. The minimum Gasteiger partial charge on any atom is -0.494 e. The van der Waals surface area contributed by atoms with Crippen LogP contribution in [0, 0.1) is 5.92 Å². The molecule has 1 saturated carbocycles. The largest absolute Gasteiger partial charge is 0.494 e. The van der Waals surface area contributed by atoms with Gasteiger partial charge in [0.1, 0.15) is 0 Å². The fraction of sp³-hybridized carbons (Fsp3) is 0.533. The van der Waals surface area contributed by atoms with Gasteiger partial charge in [0.25, 0.3) is 5.91 Å². The topological polar surface area (TPSA) is 55.6 Å². The van der Waals surface area contributed by atoms with Crippen LogP contribution in [0.2, 0.25) is 0 Å². The van der Waals surface area contributed by atoms with Crippen LogP contribution in [0.4, 0.5) is 5.69 Å². The molecular weight excluding hydrogens is 240 g/mol. The maximum atomic E-state index is 12.6. The third-order valence-electron chi connectivity index (χ3n) is 3.85. The average Bonchev–Trinajstić information content (AvgIpc) is 2.36. The smallest absolute Gasteiger partial charge is 0.257 e. The van der Waals surface area contributed by atoms with Gasteiger partial charge in [0.15, 0.2) is 5.75 Å². The van der Waals surface area contributed by atoms with Crippen LogP contribution in [0.3, 0.4) is 0 Å². The highest BCUT2D eigenvalue weighted by Gasteiger charge is 2.25. The summed E-state index contributed by atoms with van der Waals surface area (Å²) in [5.41, 5.74) is 6.92. The van der Waals surface area contributed by atoms with E-state index in [1.165, 1.54) is 19.3 Å². The van der Waals surface area contributed by atoms with Gasteiger partial charge in [-0.2, -0.15) is 0 Å². The van der Waals surface area contributed by atoms with Crippen molar-refractivity contribution in [3.63, 3.8) is 0 Å². The van der Waals surface area contributed by atoms with Crippen molar-refractivity contribution in [3.8, 4) is 5.75 Å². The molecular formula is C15H22N2O2. The fourth-order valence-corrected chi connectivity index (χ4v) is 2.46. The number of methoxy groups -OCH3 is 1. The quantitative estimate of drug-likeness (QED) is 0.830. The highest BCUT2D eigenvalue weighted by atomic mass is 16.5. The van der Waals surface area contributed by atoms with Gasteiger partial charge in [-0.3, -0.25) is 4.79 Å². The summed E-state index contributed by atoms with van der Waals surface area (Å²) in [6, 6.07) is 5.32. The summed E-state index contributed by atoms with van der Waals surface area (Å²) in [5, 5.41) is 0. The van der Waals surface area contributed by atoms with E-state index in [1.807, 2.05) is 11.8 Å². The number of benzene rings is 1. The van der Waals surface area contributed by atoms with E-state index in [-0.39, 0.29) is 5.91 Å². The molecule has 0 spiro atoms. The molecule has 4 nitrogen and oxygen atoms in total. The Labute approximate surface area is 114 Å². The minimum absolute atomic E-state index is 0.0125. The fourth-order valence-electron chi connectivity index (χ4n) is 2.46. The van der Waals surface area contributed by atoms with E-state index in [0.29, 0.717) is 29.5 Å². The van der Waals surface area contributed by atoms with Crippen molar-refractivity contribution in [3.05, 3.63) is 23.8 Å². The molecule has 0 heterocycles. The second-order valence-electron chi connectivity index (χ2n) is 5.07. The van der Waals surface area contributed by atoms with Gasteiger partial charge >= 0.3 is 0 Å². The number of ether oxygens (including phenoxy) is 1. The summed E-state index contributed by atoms with van der Waals surface area (Å²) >= 11 is 0. The summed E-state index contributed by atoms with van der Waals surface area (Å²) in [5.74, 6) is 1.16. The molecule has 4 heteroatoms. The van der Waals surface area contributed by atoms with Crippen LogP contribution in [-0.4, -0.2) is 31.0 Å². The molecule has 0 aliphatic heterocycles. The normalized spacial score (nSPS) is 14.8. The van der Waals surface area contributed by atoms with E-state index in [1.54, 1.807) is 25.3 Å². The Bertz CT molecular complexity index is 455. The lowest BCUT2D eigenvalue weighted by molar-refractivity contribution is 0.0703. The number of hydrogen-bond donors (Lipinski definition) is 1. The number of nitrogens with two attached hydrogens (primary N) is 1. The third-order valence-corrected chi connectivity index (χ3v) is 3.85. The lowest BCUT2D eigenvalue weighted by Crippen LogP contribution is -2.37. The van der Waals surface area contributed by atoms with Crippen molar-refractivity contribution in [1.29, 1.82) is 0 Å². The van der Waals surface area contributed by atoms with Crippen molar-refractivity contribution >= 4 is 11.6 Å². The molecule has 1 amide bonds. The number of carbonyl (C=O) groups excluding carboxylic acids is 1. The minimum atomic E-state index is 0.0125. The second-order valence-corrected chi connectivity index (χ2v) is 5.07. The van der Waals surface area contributed by atoms with Crippen LogP contribution in [-0.2, 0) is 0 Å². The number of carbonyl (C=O) groups is 1. The number of amides is 1. The highest BCUT2D eigenvalue weighted by Crippen LogP contribution is 2.30. The molecule has 2 rings (SSSR count). The van der Waals surface area contributed by atoms with E-state index < -0.39 is 0 Å². The summed E-state index contributed by atoms with van der Waals surface area (Å²) in [6.45, 7) is 3.57. The first-order valence-electron chi connectivity index (χ1n) is 6.89. The number of nitrogen functional groups attached to an aromatic ring is 1. The van der Waals surface area contributed by atoms with Crippen LogP contribution < -0.4 is 10.5 Å². The van der Waals surface area contributed by atoms with Gasteiger partial charge in [-0.15, -0.1) is 0 Å². The van der Waals surface area contributed by atoms with Crippen LogP contribution in [0.15, 0.2) is 18.2 Å². The maximum absolute atomic E-state index is 12.6. The van der Waals surface area contributed by atoms with Crippen molar-refractivity contribution < 1.29 is 9.53 Å². The number of hydrogen-bond acceptors (Lipinski definition) is 3. The van der Waals surface area contributed by atoms with E-state index in [4.69, 9.17) is 10.5 Å². The van der Waals surface area contributed by atoms with Crippen molar-refractivity contribution in [2.45, 2.75) is 26.2 Å². The summed E-state index contributed by atoms with van der Waals surface area (Å²) in [7, 11) is 1.55. The molecule has 0 aromatic heterocycles. The van der Waals surface area contributed by atoms with Gasteiger partial charge in [0, 0.05) is 13.1 Å². The Morgan fingerprint density at radius 1 is 1.47 bits per heavy atom. The predicted molar refractivity (Wildman–Crippen MR) is 76.3 cm³/mol. The van der Waals surface area contributed by atoms with E-state index in [2.05, 4.69) is 0 Å². The number of nitrogens with zero attached hydrogens (tertiary/aromatic N) is 1. The van der Waals surface area contributed by atoms with Crippen molar-refractivity contribution in [2.75, 3.05) is 25.9 Å². The lowest BCUT2D eigenvalue weighted by atomic mass is 9.85. The SMILES string of the molecule is CCN(CC1CCC1)C(=O)c1cccc(N)c1OC. The lowest BCUT2D eigenvalue weighted by Gasteiger charge is -2.32. The van der Waals surface area contributed by atoms with Crippen LogP contribution >= 0.6 is 0 Å². The standard InChI is InChI=1S/C15H22N2O2/c1-3-17(10-11-6-4-7-11)15(18)12-8-5-9-13(16)14(12)19-2/h5,8-9,11H,3-4,6-7,10,16H2,1-2H3. The number of para-hydroxylation sites is 1. The Morgan fingerprint density at radius 3 is 2.74 bits per heavy atom. The first-order valence-corrected chi connectivity index (χ1v) is 6.89. The molecule has 0 radical (unpaired) electrons. The number of anilines is 1. The summed E-state index contributed by atoms with van der Waals surface area (Å²) < 4.78 is 5.26. The molecule has 1 fully saturated rings. The molecule has 1 aliphatic rings. The molecule has 1 aromatic rings. The molecule has 1 aromatic carbocycles. The Morgan fingerprint density at radius 2 is 2.21 bits per heavy atom. The average molecular weight is 262 g/mol. The van der Waals surface area contributed by atoms with E-state index >= 15 is 0 Å². The zero-order chi connectivity index (χ0) is 13.8. The van der Waals surface area contributed by atoms with Gasteiger partial charge in [-0.05, 0) is 37.8 Å². The van der Waals surface area contributed by atoms with Crippen LogP contribution in [0.5, 0.6) is 5.75 Å². The molecule has 104 valence electrons. The second kappa shape index (κ2) is 5.95. The molecule has 0 unspecified atom stereocenters. The maximum Gasteiger partial charge on any atom is 0.257 e. The van der Waals surface area contributed by atoms with E-state index in [9.17, 15) is 4.79 Å². The first kappa shape index (κ1) is 13.7. The Balaban J connectivity index is 2.18. The first-order chi connectivity index (χ1) is 9.17. The van der Waals surface area contributed by atoms with Crippen LogP contribution in [0.25, 0.3) is 0 Å². The molecule has 0 saturated heterocycles. The Kier molecular flexibility index (Phi) is 4.30. The Hall–Kier alpha value is -1.71. The third kappa shape index (κ3) is 2.83. The predicted octanol–water partition coefficient (Wildman–Crippen LogP) is 2.54. The highest BCUT2D eigenvalue weighted by molar-refractivity contribution is 5.98. The van der Waals surface area contributed by atoms with Crippen molar-refractivity contribution in [2.24, 2.45) is 5.92 Å².